The SMILES string of the molecule is CCCN(O)c1cc(-c2nc(SC)[nH]c2-c2ccc(F)cc2)ccn1. The third-order valence-corrected chi connectivity index (χ3v) is 4.31. The van der Waals surface area contributed by atoms with E-state index in [1.807, 2.05) is 19.2 Å². The smallest absolute Gasteiger partial charge is 0.166 e. The Morgan fingerprint density at radius 3 is 2.64 bits per heavy atom. The van der Waals surface area contributed by atoms with E-state index in [2.05, 4.69) is 15.0 Å². The van der Waals surface area contributed by atoms with E-state index in [0.29, 0.717) is 12.4 Å². The van der Waals surface area contributed by atoms with E-state index in [4.69, 9.17) is 0 Å². The van der Waals surface area contributed by atoms with Crippen molar-refractivity contribution in [1.29, 1.82) is 0 Å². The first-order valence-electron chi connectivity index (χ1n) is 7.95. The highest BCUT2D eigenvalue weighted by molar-refractivity contribution is 7.98. The summed E-state index contributed by atoms with van der Waals surface area (Å²) < 4.78 is 13.2. The van der Waals surface area contributed by atoms with Gasteiger partial charge in [-0.3, -0.25) is 5.21 Å². The van der Waals surface area contributed by atoms with Gasteiger partial charge >= 0.3 is 0 Å². The van der Waals surface area contributed by atoms with E-state index in [1.54, 1.807) is 24.4 Å². The highest BCUT2D eigenvalue weighted by atomic mass is 32.2. The number of benzene rings is 1. The van der Waals surface area contributed by atoms with Crippen molar-refractivity contribution in [3.63, 3.8) is 0 Å². The average Bonchev–Trinajstić information content (AvgIpc) is 3.07. The zero-order valence-corrected chi connectivity index (χ0v) is 14.8. The monoisotopic (exact) mass is 358 g/mol. The molecule has 130 valence electrons. The summed E-state index contributed by atoms with van der Waals surface area (Å²) in [6.45, 7) is 2.48. The van der Waals surface area contributed by atoms with Crippen LogP contribution in [0.3, 0.4) is 0 Å². The Hall–Kier alpha value is -2.38. The third kappa shape index (κ3) is 3.83. The highest BCUT2D eigenvalue weighted by Gasteiger charge is 2.15. The van der Waals surface area contributed by atoms with Gasteiger partial charge in [0.15, 0.2) is 11.0 Å². The molecule has 25 heavy (non-hydrogen) atoms. The van der Waals surface area contributed by atoms with Gasteiger partial charge in [0.1, 0.15) is 5.82 Å². The molecule has 3 rings (SSSR count). The Bertz CT molecular complexity index is 851. The molecule has 0 atom stereocenters. The zero-order chi connectivity index (χ0) is 17.8. The van der Waals surface area contributed by atoms with Crippen LogP contribution in [-0.4, -0.2) is 33.0 Å². The molecule has 0 bridgehead atoms. The van der Waals surface area contributed by atoms with Gasteiger partial charge in [-0.25, -0.2) is 19.4 Å². The van der Waals surface area contributed by atoms with Gasteiger partial charge in [-0.15, -0.1) is 0 Å². The minimum Gasteiger partial charge on any atom is -0.332 e. The predicted molar refractivity (Wildman–Crippen MR) is 98.4 cm³/mol. The minimum atomic E-state index is -0.281. The van der Waals surface area contributed by atoms with Crippen LogP contribution in [0.2, 0.25) is 0 Å². The van der Waals surface area contributed by atoms with Gasteiger partial charge in [0.05, 0.1) is 11.4 Å². The minimum absolute atomic E-state index is 0.281. The number of aromatic nitrogens is 3. The molecule has 7 heteroatoms. The summed E-state index contributed by atoms with van der Waals surface area (Å²) in [6.07, 6.45) is 4.39. The second-order valence-electron chi connectivity index (χ2n) is 5.50. The number of pyridine rings is 1. The number of hydrogen-bond donors (Lipinski definition) is 2. The maximum atomic E-state index is 13.2. The average molecular weight is 358 g/mol. The number of rotatable bonds is 6. The van der Waals surface area contributed by atoms with Crippen LogP contribution in [0.1, 0.15) is 13.3 Å². The number of thioether (sulfide) groups is 1. The molecule has 0 unspecified atom stereocenters. The Kier molecular flexibility index (Phi) is 5.35. The number of H-pyrrole nitrogens is 1. The molecule has 2 N–H and O–H groups in total. The van der Waals surface area contributed by atoms with Gasteiger partial charge in [0.25, 0.3) is 0 Å². The first kappa shape index (κ1) is 17.4. The fourth-order valence-corrected chi connectivity index (χ4v) is 2.90. The number of nitrogens with zero attached hydrogens (tertiary/aromatic N) is 3. The lowest BCUT2D eigenvalue weighted by Gasteiger charge is -2.15. The van der Waals surface area contributed by atoms with Crippen molar-refractivity contribution in [2.75, 3.05) is 17.9 Å². The lowest BCUT2D eigenvalue weighted by Crippen LogP contribution is -2.19. The molecule has 3 aromatic rings. The molecule has 0 amide bonds. The van der Waals surface area contributed by atoms with Gasteiger partial charge in [-0.05, 0) is 49.1 Å². The Balaban J connectivity index is 2.06. The molecule has 2 heterocycles. The second-order valence-corrected chi connectivity index (χ2v) is 6.30. The van der Waals surface area contributed by atoms with Crippen molar-refractivity contribution in [1.82, 2.24) is 15.0 Å². The summed E-state index contributed by atoms with van der Waals surface area (Å²) in [4.78, 5) is 12.1. The van der Waals surface area contributed by atoms with Gasteiger partial charge in [-0.2, -0.15) is 0 Å². The molecule has 5 nitrogen and oxygen atoms in total. The largest absolute Gasteiger partial charge is 0.332 e. The quantitative estimate of drug-likeness (QED) is 0.498. The molecule has 0 saturated heterocycles. The van der Waals surface area contributed by atoms with Crippen molar-refractivity contribution in [2.24, 2.45) is 0 Å². The Labute approximate surface area is 149 Å². The molecular formula is C18H19FN4OS. The molecule has 0 aliphatic carbocycles. The summed E-state index contributed by atoms with van der Waals surface area (Å²) in [7, 11) is 0. The zero-order valence-electron chi connectivity index (χ0n) is 14.0. The molecule has 2 aromatic heterocycles. The van der Waals surface area contributed by atoms with E-state index in [-0.39, 0.29) is 5.82 Å². The van der Waals surface area contributed by atoms with Gasteiger partial charge in [0, 0.05) is 23.9 Å². The number of hydrogen-bond acceptors (Lipinski definition) is 5. The number of hydroxylamine groups is 1. The normalized spacial score (nSPS) is 10.9. The van der Waals surface area contributed by atoms with Crippen molar-refractivity contribution in [2.45, 2.75) is 18.5 Å². The molecular weight excluding hydrogens is 339 g/mol. The van der Waals surface area contributed by atoms with Crippen molar-refractivity contribution in [3.05, 3.63) is 48.4 Å². The molecule has 0 radical (unpaired) electrons. The van der Waals surface area contributed by atoms with Crippen molar-refractivity contribution >= 4 is 17.6 Å². The van der Waals surface area contributed by atoms with E-state index < -0.39 is 0 Å². The fourth-order valence-electron chi connectivity index (χ4n) is 2.52. The maximum absolute atomic E-state index is 13.2. The number of nitrogens with one attached hydrogen (secondary N) is 1. The second kappa shape index (κ2) is 7.67. The van der Waals surface area contributed by atoms with Gasteiger partial charge in [0.2, 0.25) is 0 Å². The molecule has 0 aliphatic heterocycles. The topological polar surface area (TPSA) is 65.0 Å². The van der Waals surface area contributed by atoms with Crippen molar-refractivity contribution in [3.8, 4) is 22.5 Å². The summed E-state index contributed by atoms with van der Waals surface area (Å²) in [5.41, 5.74) is 3.22. The van der Waals surface area contributed by atoms with Crippen LogP contribution in [0.25, 0.3) is 22.5 Å². The first-order chi connectivity index (χ1) is 12.1. The number of anilines is 1. The van der Waals surface area contributed by atoms with Crippen LogP contribution in [0.5, 0.6) is 0 Å². The van der Waals surface area contributed by atoms with Crippen LogP contribution in [0.15, 0.2) is 47.8 Å². The lowest BCUT2D eigenvalue weighted by atomic mass is 10.1. The number of imidazole rings is 1. The maximum Gasteiger partial charge on any atom is 0.166 e. The lowest BCUT2D eigenvalue weighted by molar-refractivity contribution is 0.251. The fraction of sp³-hybridized carbons (Fsp3) is 0.222. The Morgan fingerprint density at radius 2 is 1.96 bits per heavy atom. The van der Waals surface area contributed by atoms with Crippen LogP contribution in [-0.2, 0) is 0 Å². The molecule has 0 fully saturated rings. The van der Waals surface area contributed by atoms with E-state index in [9.17, 15) is 9.60 Å². The van der Waals surface area contributed by atoms with E-state index >= 15 is 0 Å². The van der Waals surface area contributed by atoms with Crippen LogP contribution < -0.4 is 5.06 Å². The number of aromatic amines is 1. The van der Waals surface area contributed by atoms with Crippen LogP contribution >= 0.6 is 11.8 Å². The molecule has 0 aliphatic rings. The number of halogens is 1. The summed E-state index contributed by atoms with van der Waals surface area (Å²) >= 11 is 1.50. The molecule has 0 spiro atoms. The molecule has 0 saturated carbocycles. The van der Waals surface area contributed by atoms with E-state index in [0.717, 1.165) is 39.2 Å². The third-order valence-electron chi connectivity index (χ3n) is 3.73. The first-order valence-corrected chi connectivity index (χ1v) is 9.17. The standard InChI is InChI=1S/C18H19FN4OS/c1-3-10-23(24)15-11-13(8-9-20-15)17-16(21-18(22-17)25-2)12-4-6-14(19)7-5-12/h4-9,11,24H,3,10H2,1-2H3,(H,21,22). The predicted octanol–water partition coefficient (Wildman–Crippen LogP) is 4.61. The summed E-state index contributed by atoms with van der Waals surface area (Å²) in [6, 6.07) is 9.92. The van der Waals surface area contributed by atoms with Gasteiger partial charge < -0.3 is 4.98 Å². The summed E-state index contributed by atoms with van der Waals surface area (Å²) in [5, 5.41) is 12.0. The van der Waals surface area contributed by atoms with Crippen molar-refractivity contribution < 1.29 is 9.60 Å². The Morgan fingerprint density at radius 1 is 1.20 bits per heavy atom. The van der Waals surface area contributed by atoms with Crippen LogP contribution in [0.4, 0.5) is 10.2 Å². The van der Waals surface area contributed by atoms with Gasteiger partial charge in [-0.1, -0.05) is 18.7 Å². The molecule has 1 aromatic carbocycles. The van der Waals surface area contributed by atoms with Crippen LogP contribution in [0, 0.1) is 5.82 Å². The van der Waals surface area contributed by atoms with E-state index in [1.165, 1.54) is 23.9 Å². The highest BCUT2D eigenvalue weighted by Crippen LogP contribution is 2.33. The summed E-state index contributed by atoms with van der Waals surface area (Å²) in [5.74, 6) is 0.190.